The van der Waals surface area contributed by atoms with Crippen LogP contribution in [0.15, 0.2) is 54.6 Å². The van der Waals surface area contributed by atoms with Crippen molar-refractivity contribution in [3.05, 3.63) is 54.6 Å². The summed E-state index contributed by atoms with van der Waals surface area (Å²) < 4.78 is 0. The number of carbonyl (C=O) groups excluding carboxylic acids is 1. The number of amides is 1. The van der Waals surface area contributed by atoms with Gasteiger partial charge in [0.1, 0.15) is 0 Å². The van der Waals surface area contributed by atoms with Gasteiger partial charge in [-0.3, -0.25) is 4.79 Å². The number of rotatable bonds is 7. The van der Waals surface area contributed by atoms with E-state index >= 15 is 0 Å². The van der Waals surface area contributed by atoms with Crippen molar-refractivity contribution < 1.29 is 4.79 Å². The molecule has 5 nitrogen and oxygen atoms in total. The average molecular weight is 403 g/mol. The zero-order chi connectivity index (χ0) is 20.8. The van der Waals surface area contributed by atoms with Gasteiger partial charge in [-0.2, -0.15) is 0 Å². The predicted octanol–water partition coefficient (Wildman–Crippen LogP) is 5.05. The smallest absolute Gasteiger partial charge is 0.221 e. The lowest BCUT2D eigenvalue weighted by molar-refractivity contribution is -0.114. The monoisotopic (exact) mass is 402 g/mol. The molecular weight excluding hydrogens is 372 g/mol. The highest BCUT2D eigenvalue weighted by molar-refractivity contribution is 5.97. The molecule has 1 unspecified atom stereocenters. The molecule has 1 amide bonds. The van der Waals surface area contributed by atoms with Crippen LogP contribution in [0.1, 0.15) is 32.6 Å². The van der Waals surface area contributed by atoms with Gasteiger partial charge in [0.05, 0.1) is 16.9 Å². The topological polar surface area (TPSA) is 66.1 Å². The Hall–Kier alpha value is -2.92. The van der Waals surface area contributed by atoms with Crippen LogP contribution in [0.2, 0.25) is 0 Å². The fourth-order valence-electron chi connectivity index (χ4n) is 4.25. The highest BCUT2D eigenvalue weighted by atomic mass is 16.1. The molecule has 0 bridgehead atoms. The van der Waals surface area contributed by atoms with Crippen LogP contribution in [-0.4, -0.2) is 30.5 Å². The largest absolute Gasteiger partial charge is 0.384 e. The molecule has 5 heteroatoms. The van der Waals surface area contributed by atoms with Crippen molar-refractivity contribution >= 4 is 28.2 Å². The summed E-state index contributed by atoms with van der Waals surface area (Å²) in [5.41, 5.74) is 4.61. The van der Waals surface area contributed by atoms with Gasteiger partial charge in [0, 0.05) is 30.1 Å². The van der Waals surface area contributed by atoms with Crippen molar-refractivity contribution in [2.24, 2.45) is 5.92 Å². The Morgan fingerprint density at radius 1 is 1.13 bits per heavy atom. The lowest BCUT2D eigenvalue weighted by Crippen LogP contribution is -2.29. The Morgan fingerprint density at radius 2 is 1.97 bits per heavy atom. The highest BCUT2D eigenvalue weighted by Gasteiger charge is 2.13. The van der Waals surface area contributed by atoms with Crippen molar-refractivity contribution in [1.29, 1.82) is 0 Å². The third-order valence-electron chi connectivity index (χ3n) is 5.73. The van der Waals surface area contributed by atoms with Crippen LogP contribution in [0, 0.1) is 5.92 Å². The number of benzene rings is 2. The Kier molecular flexibility index (Phi) is 6.60. The number of nitrogens with one attached hydrogen (secondary N) is 3. The van der Waals surface area contributed by atoms with Crippen molar-refractivity contribution in [2.75, 3.05) is 30.3 Å². The Bertz CT molecular complexity index is 1010. The Labute approximate surface area is 178 Å². The summed E-state index contributed by atoms with van der Waals surface area (Å²) >= 11 is 0. The van der Waals surface area contributed by atoms with Gasteiger partial charge in [0.2, 0.25) is 5.91 Å². The molecule has 1 aromatic heterocycles. The number of nitrogens with zero attached hydrogens (tertiary/aromatic N) is 1. The normalized spacial score (nSPS) is 16.4. The summed E-state index contributed by atoms with van der Waals surface area (Å²) in [4.78, 5) is 16.5. The molecule has 0 aliphatic carbocycles. The van der Waals surface area contributed by atoms with Crippen LogP contribution in [-0.2, 0) is 4.79 Å². The number of anilines is 2. The lowest BCUT2D eigenvalue weighted by atomic mass is 9.95. The van der Waals surface area contributed by atoms with E-state index in [0.29, 0.717) is 0 Å². The number of carbonyl (C=O) groups is 1. The molecular formula is C25H30N4O. The maximum Gasteiger partial charge on any atom is 0.221 e. The number of aromatic nitrogens is 1. The quantitative estimate of drug-likeness (QED) is 0.484. The van der Waals surface area contributed by atoms with Gasteiger partial charge in [0.25, 0.3) is 0 Å². The first-order valence-corrected chi connectivity index (χ1v) is 10.9. The van der Waals surface area contributed by atoms with Crippen molar-refractivity contribution in [3.63, 3.8) is 0 Å². The summed E-state index contributed by atoms with van der Waals surface area (Å²) in [6.07, 6.45) is 5.04. The molecule has 156 valence electrons. The van der Waals surface area contributed by atoms with Gasteiger partial charge < -0.3 is 16.0 Å². The van der Waals surface area contributed by atoms with Crippen LogP contribution in [0.3, 0.4) is 0 Å². The molecule has 1 aliphatic rings. The predicted molar refractivity (Wildman–Crippen MR) is 125 cm³/mol. The van der Waals surface area contributed by atoms with Crippen molar-refractivity contribution in [1.82, 2.24) is 10.3 Å². The third-order valence-corrected chi connectivity index (χ3v) is 5.73. The summed E-state index contributed by atoms with van der Waals surface area (Å²) in [7, 11) is 0. The number of hydrogen-bond donors (Lipinski definition) is 3. The van der Waals surface area contributed by atoms with E-state index in [1.165, 1.54) is 32.7 Å². The number of hydrogen-bond acceptors (Lipinski definition) is 4. The van der Waals surface area contributed by atoms with E-state index in [2.05, 4.69) is 28.1 Å². The maximum absolute atomic E-state index is 11.6. The van der Waals surface area contributed by atoms with E-state index < -0.39 is 0 Å². The second-order valence-corrected chi connectivity index (χ2v) is 8.08. The molecule has 2 aromatic carbocycles. The molecule has 3 N–H and O–H groups in total. The number of piperidine rings is 1. The van der Waals surface area contributed by atoms with E-state index in [-0.39, 0.29) is 5.91 Å². The van der Waals surface area contributed by atoms with Gasteiger partial charge in [-0.15, -0.1) is 0 Å². The van der Waals surface area contributed by atoms with E-state index in [0.717, 1.165) is 59.0 Å². The Morgan fingerprint density at radius 3 is 2.80 bits per heavy atom. The van der Waals surface area contributed by atoms with Crippen LogP contribution in [0.25, 0.3) is 22.2 Å². The molecule has 1 aliphatic heterocycles. The van der Waals surface area contributed by atoms with Gasteiger partial charge in [-0.1, -0.05) is 36.4 Å². The minimum absolute atomic E-state index is 0.0845. The van der Waals surface area contributed by atoms with Gasteiger partial charge in [-0.25, -0.2) is 4.98 Å². The first-order valence-electron chi connectivity index (χ1n) is 10.9. The minimum atomic E-state index is -0.0845. The van der Waals surface area contributed by atoms with Crippen LogP contribution >= 0.6 is 0 Å². The molecule has 0 saturated carbocycles. The van der Waals surface area contributed by atoms with Gasteiger partial charge in [0.15, 0.2) is 0 Å². The summed E-state index contributed by atoms with van der Waals surface area (Å²) in [5, 5.41) is 11.2. The highest BCUT2D eigenvalue weighted by Crippen LogP contribution is 2.32. The Balaban J connectivity index is 1.56. The zero-order valence-corrected chi connectivity index (χ0v) is 17.6. The molecule has 1 atom stereocenters. The SMILES string of the molecule is CC(=O)Nc1ccccc1-c1cc(NCCCC2CCCNC2)c2ccccc2n1. The zero-order valence-electron chi connectivity index (χ0n) is 17.6. The molecule has 4 rings (SSSR count). The summed E-state index contributed by atoms with van der Waals surface area (Å²) in [5.74, 6) is 0.716. The lowest BCUT2D eigenvalue weighted by Gasteiger charge is -2.22. The molecule has 3 aromatic rings. The van der Waals surface area contributed by atoms with Crippen LogP contribution < -0.4 is 16.0 Å². The minimum Gasteiger partial charge on any atom is -0.384 e. The van der Waals surface area contributed by atoms with Crippen LogP contribution in [0.4, 0.5) is 11.4 Å². The molecule has 0 radical (unpaired) electrons. The van der Waals surface area contributed by atoms with E-state index in [1.807, 2.05) is 42.5 Å². The standard InChI is InChI=1S/C25H30N4O/c1-18(30)28-22-12-4-3-11-21(22)25-16-24(20-10-2-5-13-23(20)29-25)27-15-7-9-19-8-6-14-26-17-19/h2-5,10-13,16,19,26H,6-9,14-15,17H2,1H3,(H,27,29)(H,28,30). The first kappa shape index (κ1) is 20.4. The van der Waals surface area contributed by atoms with E-state index in [4.69, 9.17) is 4.98 Å². The number of pyridine rings is 1. The van der Waals surface area contributed by atoms with Crippen molar-refractivity contribution in [2.45, 2.75) is 32.6 Å². The molecule has 30 heavy (non-hydrogen) atoms. The second-order valence-electron chi connectivity index (χ2n) is 8.08. The maximum atomic E-state index is 11.6. The fourth-order valence-corrected chi connectivity index (χ4v) is 4.25. The molecule has 2 heterocycles. The number of para-hydroxylation sites is 2. The fraction of sp³-hybridized carbons (Fsp3) is 0.360. The van der Waals surface area contributed by atoms with Crippen LogP contribution in [0.5, 0.6) is 0 Å². The molecule has 1 fully saturated rings. The summed E-state index contributed by atoms with van der Waals surface area (Å²) in [6.45, 7) is 4.79. The summed E-state index contributed by atoms with van der Waals surface area (Å²) in [6, 6.07) is 18.1. The third kappa shape index (κ3) is 4.97. The van der Waals surface area contributed by atoms with Crippen molar-refractivity contribution in [3.8, 4) is 11.3 Å². The molecule has 1 saturated heterocycles. The number of fused-ring (bicyclic) bond motifs is 1. The average Bonchev–Trinajstić information content (AvgIpc) is 2.77. The van der Waals surface area contributed by atoms with E-state index in [1.54, 1.807) is 0 Å². The van der Waals surface area contributed by atoms with Gasteiger partial charge in [-0.05, 0) is 62.9 Å². The molecule has 0 spiro atoms. The second kappa shape index (κ2) is 9.72. The van der Waals surface area contributed by atoms with Gasteiger partial charge >= 0.3 is 0 Å². The van der Waals surface area contributed by atoms with E-state index in [9.17, 15) is 4.79 Å². The first-order chi connectivity index (χ1) is 14.7.